The van der Waals surface area contributed by atoms with Crippen molar-refractivity contribution in [2.45, 2.75) is 26.8 Å². The summed E-state index contributed by atoms with van der Waals surface area (Å²) in [5.74, 6) is -0.0671. The van der Waals surface area contributed by atoms with Crippen molar-refractivity contribution < 1.29 is 4.79 Å². The molecule has 4 nitrogen and oxygen atoms in total. The molecule has 1 aromatic carbocycles. The number of nitrogens with one attached hydrogen (secondary N) is 2. The first-order chi connectivity index (χ1) is 9.70. The highest BCUT2D eigenvalue weighted by Gasteiger charge is 2.11. The van der Waals surface area contributed by atoms with Crippen molar-refractivity contribution in [3.8, 4) is 0 Å². The van der Waals surface area contributed by atoms with Crippen LogP contribution in [0.2, 0.25) is 0 Å². The maximum atomic E-state index is 12.3. The monoisotopic (exact) mass is 289 g/mol. The fourth-order valence-corrected chi connectivity index (χ4v) is 2.41. The number of amides is 1. The number of anilines is 1. The zero-order chi connectivity index (χ0) is 14.4. The molecule has 0 aliphatic heterocycles. The summed E-state index contributed by atoms with van der Waals surface area (Å²) in [6.07, 6.45) is 2.76. The highest BCUT2D eigenvalue weighted by Crippen LogP contribution is 2.17. The molecule has 0 spiro atoms. The summed E-state index contributed by atoms with van der Waals surface area (Å²) >= 11 is 1.54. The van der Waals surface area contributed by atoms with Crippen LogP contribution in [-0.4, -0.2) is 17.4 Å². The van der Waals surface area contributed by atoms with Gasteiger partial charge in [0.05, 0.1) is 12.1 Å². The first kappa shape index (κ1) is 14.5. The van der Waals surface area contributed by atoms with Gasteiger partial charge in [-0.15, -0.1) is 11.3 Å². The first-order valence-corrected chi connectivity index (χ1v) is 7.59. The Bertz CT molecular complexity index is 567. The number of benzene rings is 1. The Labute approximate surface area is 123 Å². The third-order valence-corrected chi connectivity index (χ3v) is 3.65. The third kappa shape index (κ3) is 3.81. The number of thiazole rings is 1. The lowest BCUT2D eigenvalue weighted by atomic mass is 10.1. The van der Waals surface area contributed by atoms with Gasteiger partial charge in [-0.2, -0.15) is 0 Å². The van der Waals surface area contributed by atoms with Crippen molar-refractivity contribution in [2.24, 2.45) is 0 Å². The molecule has 0 aliphatic rings. The van der Waals surface area contributed by atoms with E-state index in [4.69, 9.17) is 0 Å². The van der Waals surface area contributed by atoms with Gasteiger partial charge in [-0.3, -0.25) is 4.79 Å². The summed E-state index contributed by atoms with van der Waals surface area (Å²) in [6.45, 7) is 5.41. The van der Waals surface area contributed by atoms with Crippen molar-refractivity contribution in [1.82, 2.24) is 10.3 Å². The summed E-state index contributed by atoms with van der Waals surface area (Å²) in [7, 11) is 0. The van der Waals surface area contributed by atoms with E-state index < -0.39 is 0 Å². The molecule has 0 saturated heterocycles. The molecule has 2 aromatic rings. The highest BCUT2D eigenvalue weighted by atomic mass is 32.1. The van der Waals surface area contributed by atoms with Gasteiger partial charge in [0.15, 0.2) is 0 Å². The predicted octanol–water partition coefficient (Wildman–Crippen LogP) is 3.20. The van der Waals surface area contributed by atoms with Crippen LogP contribution in [-0.2, 0) is 6.54 Å². The quantitative estimate of drug-likeness (QED) is 0.858. The number of rotatable bonds is 6. The Balaban J connectivity index is 2.08. The first-order valence-electron chi connectivity index (χ1n) is 6.71. The van der Waals surface area contributed by atoms with Crippen molar-refractivity contribution >= 4 is 22.9 Å². The highest BCUT2D eigenvalue weighted by molar-refractivity contribution is 7.09. The van der Waals surface area contributed by atoms with Gasteiger partial charge in [0.1, 0.15) is 5.01 Å². The second-order valence-corrected chi connectivity index (χ2v) is 5.56. The summed E-state index contributed by atoms with van der Waals surface area (Å²) < 4.78 is 0. The normalized spacial score (nSPS) is 10.3. The molecule has 2 N–H and O–H groups in total. The largest absolute Gasteiger partial charge is 0.384 e. The molecule has 2 rings (SSSR count). The number of carbonyl (C=O) groups excluding carboxylic acids is 1. The molecule has 0 aliphatic carbocycles. The number of hydrogen-bond acceptors (Lipinski definition) is 4. The van der Waals surface area contributed by atoms with Crippen LogP contribution in [0.25, 0.3) is 0 Å². The van der Waals surface area contributed by atoms with E-state index >= 15 is 0 Å². The Morgan fingerprint density at radius 2 is 2.25 bits per heavy atom. The van der Waals surface area contributed by atoms with Crippen LogP contribution in [0.5, 0.6) is 0 Å². The van der Waals surface area contributed by atoms with E-state index in [9.17, 15) is 4.79 Å². The second kappa shape index (κ2) is 7.05. The zero-order valence-corrected chi connectivity index (χ0v) is 12.6. The van der Waals surface area contributed by atoms with Crippen molar-refractivity contribution in [2.75, 3.05) is 11.9 Å². The molecule has 0 fully saturated rings. The van der Waals surface area contributed by atoms with Crippen LogP contribution in [0.3, 0.4) is 0 Å². The third-order valence-electron chi connectivity index (χ3n) is 2.87. The lowest BCUT2D eigenvalue weighted by Crippen LogP contribution is -2.24. The van der Waals surface area contributed by atoms with E-state index in [1.54, 1.807) is 6.20 Å². The fourth-order valence-electron chi connectivity index (χ4n) is 1.85. The van der Waals surface area contributed by atoms with Crippen LogP contribution >= 0.6 is 11.3 Å². The SMILES string of the molecule is CCCNc1ccc(C)cc1C(=O)NCc1nccs1. The standard InChI is InChI=1S/C15H19N3OS/c1-3-6-16-13-5-4-11(2)9-12(13)15(19)18-10-14-17-7-8-20-14/h4-5,7-9,16H,3,6,10H2,1-2H3,(H,18,19). The minimum absolute atomic E-state index is 0.0671. The molecule has 0 atom stereocenters. The molecule has 0 unspecified atom stereocenters. The lowest BCUT2D eigenvalue weighted by molar-refractivity contribution is 0.0951. The van der Waals surface area contributed by atoms with Gasteiger partial charge in [0, 0.05) is 23.8 Å². The summed E-state index contributed by atoms with van der Waals surface area (Å²) in [5, 5.41) is 9.02. The smallest absolute Gasteiger partial charge is 0.253 e. The molecule has 106 valence electrons. The Hall–Kier alpha value is -1.88. The summed E-state index contributed by atoms with van der Waals surface area (Å²) in [5.41, 5.74) is 2.65. The Kier molecular flexibility index (Phi) is 5.12. The van der Waals surface area contributed by atoms with Gasteiger partial charge in [-0.25, -0.2) is 4.98 Å². The molecule has 1 amide bonds. The maximum absolute atomic E-state index is 12.3. The van der Waals surface area contributed by atoms with Gasteiger partial charge in [-0.05, 0) is 25.5 Å². The van der Waals surface area contributed by atoms with Crippen LogP contribution in [0, 0.1) is 6.92 Å². The van der Waals surface area contributed by atoms with E-state index in [0.717, 1.165) is 29.2 Å². The fraction of sp³-hybridized carbons (Fsp3) is 0.333. The topological polar surface area (TPSA) is 54.0 Å². The number of carbonyl (C=O) groups is 1. The van der Waals surface area contributed by atoms with Crippen LogP contribution in [0.15, 0.2) is 29.8 Å². The van der Waals surface area contributed by atoms with Crippen molar-refractivity contribution in [3.63, 3.8) is 0 Å². The maximum Gasteiger partial charge on any atom is 0.253 e. The second-order valence-electron chi connectivity index (χ2n) is 4.58. The van der Waals surface area contributed by atoms with Gasteiger partial charge in [0.25, 0.3) is 5.91 Å². The molecule has 0 saturated carbocycles. The molecule has 1 aromatic heterocycles. The number of aromatic nitrogens is 1. The van der Waals surface area contributed by atoms with Gasteiger partial charge < -0.3 is 10.6 Å². The number of aryl methyl sites for hydroxylation is 1. The van der Waals surface area contributed by atoms with Gasteiger partial charge >= 0.3 is 0 Å². The van der Waals surface area contributed by atoms with Gasteiger partial charge in [-0.1, -0.05) is 18.6 Å². The minimum Gasteiger partial charge on any atom is -0.384 e. The van der Waals surface area contributed by atoms with E-state index in [1.807, 2.05) is 30.5 Å². The molecule has 0 radical (unpaired) electrons. The summed E-state index contributed by atoms with van der Waals surface area (Å²) in [4.78, 5) is 16.5. The average Bonchev–Trinajstić information content (AvgIpc) is 2.96. The van der Waals surface area contributed by atoms with Crippen LogP contribution in [0.1, 0.15) is 34.3 Å². The molecular formula is C15H19N3OS. The number of nitrogens with zero attached hydrogens (tertiary/aromatic N) is 1. The Morgan fingerprint density at radius 1 is 1.40 bits per heavy atom. The molecular weight excluding hydrogens is 270 g/mol. The molecule has 1 heterocycles. The van der Waals surface area contributed by atoms with E-state index in [0.29, 0.717) is 12.1 Å². The number of hydrogen-bond donors (Lipinski definition) is 2. The Morgan fingerprint density at radius 3 is 2.95 bits per heavy atom. The van der Waals surface area contributed by atoms with Crippen LogP contribution in [0.4, 0.5) is 5.69 Å². The zero-order valence-electron chi connectivity index (χ0n) is 11.8. The predicted molar refractivity (Wildman–Crippen MR) is 83.2 cm³/mol. The van der Waals surface area contributed by atoms with E-state index in [-0.39, 0.29) is 5.91 Å². The summed E-state index contributed by atoms with van der Waals surface area (Å²) in [6, 6.07) is 5.88. The average molecular weight is 289 g/mol. The van der Waals surface area contributed by atoms with Crippen molar-refractivity contribution in [3.05, 3.63) is 45.9 Å². The van der Waals surface area contributed by atoms with Gasteiger partial charge in [0.2, 0.25) is 0 Å². The lowest BCUT2D eigenvalue weighted by Gasteiger charge is -2.12. The molecule has 20 heavy (non-hydrogen) atoms. The van der Waals surface area contributed by atoms with Crippen molar-refractivity contribution in [1.29, 1.82) is 0 Å². The van der Waals surface area contributed by atoms with E-state index in [1.165, 1.54) is 11.3 Å². The molecule has 0 bridgehead atoms. The minimum atomic E-state index is -0.0671. The molecule has 5 heteroatoms. The van der Waals surface area contributed by atoms with Crippen LogP contribution < -0.4 is 10.6 Å². The van der Waals surface area contributed by atoms with E-state index in [2.05, 4.69) is 22.5 Å².